The van der Waals surface area contributed by atoms with Gasteiger partial charge in [-0.1, -0.05) is 29.4 Å². The van der Waals surface area contributed by atoms with Crippen LogP contribution in [0.25, 0.3) is 11.4 Å². The fourth-order valence-corrected chi connectivity index (χ4v) is 3.95. The molecule has 1 aromatic heterocycles. The van der Waals surface area contributed by atoms with Crippen LogP contribution in [0.3, 0.4) is 0 Å². The minimum Gasteiger partial charge on any atom is -0.337 e. The number of halogens is 1. The molecule has 30 heavy (non-hydrogen) atoms. The zero-order chi connectivity index (χ0) is 21.5. The van der Waals surface area contributed by atoms with E-state index in [9.17, 15) is 22.4 Å². The van der Waals surface area contributed by atoms with Gasteiger partial charge in [0.1, 0.15) is 21.7 Å². The summed E-state index contributed by atoms with van der Waals surface area (Å²) in [6.45, 7) is 0. The molecule has 1 aliphatic rings. The van der Waals surface area contributed by atoms with Gasteiger partial charge in [0.05, 0.1) is 22.4 Å². The van der Waals surface area contributed by atoms with Gasteiger partial charge in [0.15, 0.2) is 0 Å². The van der Waals surface area contributed by atoms with Gasteiger partial charge in [-0.15, -0.1) is 0 Å². The molecular weight excluding hydrogens is 413 g/mol. The molecule has 1 atom stereocenters. The van der Waals surface area contributed by atoms with Gasteiger partial charge in [-0.05, 0) is 30.7 Å². The largest absolute Gasteiger partial charge is 0.337 e. The van der Waals surface area contributed by atoms with Crippen molar-refractivity contribution in [3.05, 3.63) is 71.4 Å². The fourth-order valence-electron chi connectivity index (χ4n) is 3.30. The zero-order valence-electron chi connectivity index (χ0n) is 15.8. The number of carbonyl (C=O) groups is 2. The summed E-state index contributed by atoms with van der Waals surface area (Å²) in [6, 6.07) is 11.0. The Bertz CT molecular complexity index is 1220. The van der Waals surface area contributed by atoms with E-state index in [4.69, 9.17) is 4.52 Å². The second-order valence-electron chi connectivity index (χ2n) is 6.90. The zero-order valence-corrected chi connectivity index (χ0v) is 16.6. The van der Waals surface area contributed by atoms with Crippen molar-refractivity contribution in [1.29, 1.82) is 0 Å². The quantitative estimate of drug-likeness (QED) is 0.554. The molecule has 0 spiro atoms. The predicted octanol–water partition coefficient (Wildman–Crippen LogP) is 2.65. The highest BCUT2D eigenvalue weighted by molar-refractivity contribution is 7.90. The number of amides is 2. The van der Waals surface area contributed by atoms with E-state index in [0.29, 0.717) is 0 Å². The average molecular weight is 429 g/mol. The standard InChI is InChI=1S/C20H16FN3O5S/c1-30(27,28)11-10-16(24-19(25)12-6-2-3-7-13(12)20(24)26)18-22-17(23-29-18)14-8-4-5-9-15(14)21/h2-9,16H,10-11H2,1H3. The first kappa shape index (κ1) is 19.9. The molecule has 154 valence electrons. The average Bonchev–Trinajstić information content (AvgIpc) is 3.28. The van der Waals surface area contributed by atoms with Crippen LogP contribution in [0.4, 0.5) is 4.39 Å². The number of nitrogens with zero attached hydrogens (tertiary/aromatic N) is 3. The lowest BCUT2D eigenvalue weighted by Gasteiger charge is -2.22. The van der Waals surface area contributed by atoms with Crippen molar-refractivity contribution < 1.29 is 26.9 Å². The number of hydrogen-bond acceptors (Lipinski definition) is 7. The summed E-state index contributed by atoms with van der Waals surface area (Å²) in [7, 11) is -3.41. The number of sulfone groups is 1. The number of hydrogen-bond donors (Lipinski definition) is 0. The molecule has 4 rings (SSSR count). The van der Waals surface area contributed by atoms with E-state index in [1.807, 2.05) is 0 Å². The van der Waals surface area contributed by atoms with Crippen molar-refractivity contribution in [3.63, 3.8) is 0 Å². The van der Waals surface area contributed by atoms with E-state index < -0.39 is 33.5 Å². The van der Waals surface area contributed by atoms with Gasteiger partial charge in [-0.2, -0.15) is 4.98 Å². The van der Waals surface area contributed by atoms with Crippen molar-refractivity contribution >= 4 is 21.7 Å². The Hall–Kier alpha value is -3.40. The van der Waals surface area contributed by atoms with Gasteiger partial charge in [0, 0.05) is 6.26 Å². The molecule has 10 heteroatoms. The lowest BCUT2D eigenvalue weighted by Crippen LogP contribution is -2.35. The highest BCUT2D eigenvalue weighted by Crippen LogP contribution is 2.34. The fraction of sp³-hybridized carbons (Fsp3) is 0.200. The van der Waals surface area contributed by atoms with Crippen LogP contribution in [0.2, 0.25) is 0 Å². The molecule has 1 aliphatic heterocycles. The summed E-state index contributed by atoms with van der Waals surface area (Å²) < 4.78 is 42.8. The maximum atomic E-state index is 14.1. The molecule has 2 aromatic carbocycles. The summed E-state index contributed by atoms with van der Waals surface area (Å²) in [6.07, 6.45) is 0.911. The highest BCUT2D eigenvalue weighted by atomic mass is 32.2. The maximum absolute atomic E-state index is 14.1. The van der Waals surface area contributed by atoms with Crippen LogP contribution in [0.15, 0.2) is 53.1 Å². The molecule has 0 saturated heterocycles. The summed E-state index contributed by atoms with van der Waals surface area (Å²) >= 11 is 0. The summed E-state index contributed by atoms with van der Waals surface area (Å²) in [4.78, 5) is 30.9. The topological polar surface area (TPSA) is 110 Å². The number of imide groups is 1. The molecule has 0 saturated carbocycles. The number of rotatable bonds is 6. The predicted molar refractivity (Wildman–Crippen MR) is 104 cm³/mol. The van der Waals surface area contributed by atoms with E-state index in [1.54, 1.807) is 18.2 Å². The molecule has 3 aromatic rings. The third kappa shape index (κ3) is 3.61. The second-order valence-corrected chi connectivity index (χ2v) is 9.16. The Labute approximate surface area is 171 Å². The molecule has 2 heterocycles. The van der Waals surface area contributed by atoms with Crippen LogP contribution >= 0.6 is 0 Å². The normalized spacial score (nSPS) is 14.8. The molecule has 0 fully saturated rings. The first-order chi connectivity index (χ1) is 14.3. The third-order valence-electron chi connectivity index (χ3n) is 4.74. The monoisotopic (exact) mass is 429 g/mol. The van der Waals surface area contributed by atoms with E-state index >= 15 is 0 Å². The van der Waals surface area contributed by atoms with Crippen LogP contribution in [0.1, 0.15) is 39.1 Å². The first-order valence-electron chi connectivity index (χ1n) is 8.99. The minimum absolute atomic E-state index is 0.0657. The lowest BCUT2D eigenvalue weighted by atomic mass is 10.1. The van der Waals surface area contributed by atoms with Crippen molar-refractivity contribution in [3.8, 4) is 11.4 Å². The molecule has 8 nitrogen and oxygen atoms in total. The SMILES string of the molecule is CS(=O)(=O)CCC(c1nc(-c2ccccc2F)no1)N1C(=O)c2ccccc2C1=O. The van der Waals surface area contributed by atoms with Gasteiger partial charge >= 0.3 is 0 Å². The minimum atomic E-state index is -3.41. The van der Waals surface area contributed by atoms with Crippen LogP contribution in [0, 0.1) is 5.82 Å². The summed E-state index contributed by atoms with van der Waals surface area (Å²) in [5.41, 5.74) is 0.498. The van der Waals surface area contributed by atoms with Gasteiger partial charge in [-0.25, -0.2) is 12.8 Å². The van der Waals surface area contributed by atoms with Gasteiger partial charge in [-0.3, -0.25) is 14.5 Å². The molecule has 0 aliphatic carbocycles. The highest BCUT2D eigenvalue weighted by Gasteiger charge is 2.42. The van der Waals surface area contributed by atoms with Crippen molar-refractivity contribution in [2.45, 2.75) is 12.5 Å². The Kier molecular flexibility index (Phi) is 4.94. The smallest absolute Gasteiger partial charge is 0.262 e. The number of aromatic nitrogens is 2. The molecule has 0 radical (unpaired) electrons. The number of fused-ring (bicyclic) bond motifs is 1. The van der Waals surface area contributed by atoms with Crippen molar-refractivity contribution in [2.24, 2.45) is 0 Å². The Morgan fingerprint density at radius 2 is 1.57 bits per heavy atom. The Balaban J connectivity index is 1.74. The molecule has 0 N–H and O–H groups in total. The molecular formula is C20H16FN3O5S. The van der Waals surface area contributed by atoms with Crippen LogP contribution in [-0.2, 0) is 9.84 Å². The van der Waals surface area contributed by atoms with E-state index in [1.165, 1.54) is 30.3 Å². The van der Waals surface area contributed by atoms with Crippen molar-refractivity contribution in [1.82, 2.24) is 15.0 Å². The maximum Gasteiger partial charge on any atom is 0.262 e. The number of carbonyl (C=O) groups excluding carboxylic acids is 2. The molecule has 0 bridgehead atoms. The summed E-state index contributed by atoms with van der Waals surface area (Å²) in [5.74, 6) is -2.27. The number of benzene rings is 2. The second kappa shape index (κ2) is 7.45. The first-order valence-corrected chi connectivity index (χ1v) is 11.1. The van der Waals surface area contributed by atoms with E-state index in [-0.39, 0.29) is 40.6 Å². The lowest BCUT2D eigenvalue weighted by molar-refractivity contribution is 0.0547. The molecule has 1 unspecified atom stereocenters. The Morgan fingerprint density at radius 3 is 2.13 bits per heavy atom. The summed E-state index contributed by atoms with van der Waals surface area (Å²) in [5, 5.41) is 3.76. The van der Waals surface area contributed by atoms with E-state index in [0.717, 1.165) is 11.2 Å². The van der Waals surface area contributed by atoms with Gasteiger partial charge in [0.25, 0.3) is 11.8 Å². The van der Waals surface area contributed by atoms with Crippen LogP contribution in [-0.4, -0.2) is 47.3 Å². The van der Waals surface area contributed by atoms with Gasteiger partial charge < -0.3 is 4.52 Å². The molecule has 2 amide bonds. The van der Waals surface area contributed by atoms with Gasteiger partial charge in [0.2, 0.25) is 11.7 Å². The van der Waals surface area contributed by atoms with Crippen molar-refractivity contribution in [2.75, 3.05) is 12.0 Å². The third-order valence-corrected chi connectivity index (χ3v) is 5.72. The van der Waals surface area contributed by atoms with E-state index in [2.05, 4.69) is 10.1 Å². The Morgan fingerprint density at radius 1 is 1.00 bits per heavy atom. The van der Waals surface area contributed by atoms with Crippen LogP contribution in [0.5, 0.6) is 0 Å². The van der Waals surface area contributed by atoms with Crippen LogP contribution < -0.4 is 0 Å².